The van der Waals surface area contributed by atoms with Gasteiger partial charge in [-0.2, -0.15) is 0 Å². The fraction of sp³-hybridized carbons (Fsp3) is 0.375. The van der Waals surface area contributed by atoms with Gasteiger partial charge in [0.1, 0.15) is 18.3 Å². The lowest BCUT2D eigenvalue weighted by Gasteiger charge is -2.33. The SMILES string of the molecule is COc1ccc(C)cc1N(CC(=O)N(Cc1ccc(Br)cc1)[C@@H](C)C(=O)NC1CCCCC1)S(=O)(=O)c1ccccc1. The second-order valence-corrected chi connectivity index (χ2v) is 13.4. The van der Waals surface area contributed by atoms with Gasteiger partial charge in [-0.15, -0.1) is 0 Å². The van der Waals surface area contributed by atoms with Crippen LogP contribution in [0, 0.1) is 6.92 Å². The van der Waals surface area contributed by atoms with Crippen molar-refractivity contribution in [1.29, 1.82) is 0 Å². The Morgan fingerprint density at radius 2 is 1.67 bits per heavy atom. The monoisotopic (exact) mass is 655 g/mol. The summed E-state index contributed by atoms with van der Waals surface area (Å²) >= 11 is 3.44. The molecule has 0 aliphatic heterocycles. The van der Waals surface area contributed by atoms with E-state index in [1.165, 1.54) is 24.1 Å². The Bertz CT molecular complexity index is 1480. The van der Waals surface area contributed by atoms with Gasteiger partial charge in [-0.05, 0) is 74.2 Å². The van der Waals surface area contributed by atoms with Crippen LogP contribution in [0.25, 0.3) is 0 Å². The van der Waals surface area contributed by atoms with Crippen molar-refractivity contribution < 1.29 is 22.7 Å². The molecule has 0 radical (unpaired) electrons. The number of benzene rings is 3. The van der Waals surface area contributed by atoms with Gasteiger partial charge in [-0.3, -0.25) is 13.9 Å². The lowest BCUT2D eigenvalue weighted by molar-refractivity contribution is -0.139. The van der Waals surface area contributed by atoms with Gasteiger partial charge < -0.3 is 15.0 Å². The van der Waals surface area contributed by atoms with Crippen LogP contribution in [0.1, 0.15) is 50.2 Å². The van der Waals surface area contributed by atoms with E-state index in [2.05, 4.69) is 21.2 Å². The largest absolute Gasteiger partial charge is 0.495 e. The van der Waals surface area contributed by atoms with Gasteiger partial charge in [0.25, 0.3) is 10.0 Å². The van der Waals surface area contributed by atoms with Gasteiger partial charge in [0.2, 0.25) is 11.8 Å². The Kier molecular flexibility index (Phi) is 10.7. The zero-order valence-electron chi connectivity index (χ0n) is 24.3. The number of sulfonamides is 1. The predicted octanol–water partition coefficient (Wildman–Crippen LogP) is 5.83. The number of anilines is 1. The summed E-state index contributed by atoms with van der Waals surface area (Å²) in [6.45, 7) is 3.15. The molecule has 0 bridgehead atoms. The number of aryl methyl sites for hydroxylation is 1. The summed E-state index contributed by atoms with van der Waals surface area (Å²) in [6, 6.07) is 19.9. The molecule has 4 rings (SSSR count). The van der Waals surface area contributed by atoms with E-state index in [4.69, 9.17) is 4.74 Å². The third-order valence-electron chi connectivity index (χ3n) is 7.60. The fourth-order valence-electron chi connectivity index (χ4n) is 5.17. The molecular weight excluding hydrogens is 618 g/mol. The van der Waals surface area contributed by atoms with Gasteiger partial charge in [-0.25, -0.2) is 8.42 Å². The molecule has 2 amide bonds. The van der Waals surface area contributed by atoms with Crippen molar-refractivity contribution in [3.05, 3.63) is 88.4 Å². The fourth-order valence-corrected chi connectivity index (χ4v) is 6.87. The van der Waals surface area contributed by atoms with Crippen molar-refractivity contribution in [3.8, 4) is 5.75 Å². The summed E-state index contributed by atoms with van der Waals surface area (Å²) in [7, 11) is -2.72. The highest BCUT2D eigenvalue weighted by Gasteiger charge is 2.34. The van der Waals surface area contributed by atoms with Gasteiger partial charge >= 0.3 is 0 Å². The molecule has 0 heterocycles. The summed E-state index contributed by atoms with van der Waals surface area (Å²) in [5, 5.41) is 3.12. The predicted molar refractivity (Wildman–Crippen MR) is 168 cm³/mol. The van der Waals surface area contributed by atoms with Crippen LogP contribution in [0.4, 0.5) is 5.69 Å². The molecule has 0 unspecified atom stereocenters. The number of nitrogens with one attached hydrogen (secondary N) is 1. The van der Waals surface area contributed by atoms with Crippen molar-refractivity contribution in [2.24, 2.45) is 0 Å². The number of hydrogen-bond acceptors (Lipinski definition) is 5. The minimum absolute atomic E-state index is 0.0453. The van der Waals surface area contributed by atoms with Gasteiger partial charge in [0.15, 0.2) is 0 Å². The van der Waals surface area contributed by atoms with E-state index < -0.39 is 28.5 Å². The van der Waals surface area contributed by atoms with Gasteiger partial charge in [0, 0.05) is 17.1 Å². The lowest BCUT2D eigenvalue weighted by Crippen LogP contribution is -2.53. The van der Waals surface area contributed by atoms with Crippen molar-refractivity contribution in [3.63, 3.8) is 0 Å². The van der Waals surface area contributed by atoms with E-state index in [-0.39, 0.29) is 29.1 Å². The summed E-state index contributed by atoms with van der Waals surface area (Å²) in [6.07, 6.45) is 5.10. The molecule has 1 saturated carbocycles. The first-order valence-electron chi connectivity index (χ1n) is 14.2. The summed E-state index contributed by atoms with van der Waals surface area (Å²) < 4.78 is 35.6. The molecule has 42 heavy (non-hydrogen) atoms. The molecule has 0 saturated heterocycles. The van der Waals surface area contributed by atoms with E-state index in [1.807, 2.05) is 37.3 Å². The quantitative estimate of drug-likeness (QED) is 0.281. The minimum atomic E-state index is -4.18. The number of carbonyl (C=O) groups excluding carboxylic acids is 2. The molecule has 224 valence electrons. The van der Waals surface area contributed by atoms with E-state index in [9.17, 15) is 18.0 Å². The number of hydrogen-bond donors (Lipinski definition) is 1. The first kappa shape index (κ1) is 31.6. The number of amides is 2. The first-order valence-corrected chi connectivity index (χ1v) is 16.4. The Morgan fingerprint density at radius 3 is 2.31 bits per heavy atom. The Hall–Kier alpha value is -3.37. The number of nitrogens with zero attached hydrogens (tertiary/aromatic N) is 2. The van der Waals surface area contributed by atoms with Gasteiger partial charge in [0.05, 0.1) is 17.7 Å². The van der Waals surface area contributed by atoms with Gasteiger partial charge in [-0.1, -0.05) is 71.6 Å². The average Bonchev–Trinajstić information content (AvgIpc) is 3.00. The lowest BCUT2D eigenvalue weighted by atomic mass is 9.95. The van der Waals surface area contributed by atoms with Crippen LogP contribution in [0.2, 0.25) is 0 Å². The molecule has 10 heteroatoms. The molecule has 0 spiro atoms. The molecule has 3 aromatic carbocycles. The number of ether oxygens (including phenoxy) is 1. The topological polar surface area (TPSA) is 96.0 Å². The first-order chi connectivity index (χ1) is 20.1. The molecule has 1 N–H and O–H groups in total. The summed E-state index contributed by atoms with van der Waals surface area (Å²) in [5.74, 6) is -0.444. The van der Waals surface area contributed by atoms with Crippen molar-refractivity contribution in [2.75, 3.05) is 18.0 Å². The molecular formula is C32H38BrN3O5S. The molecule has 3 aromatic rings. The van der Waals surface area contributed by atoms with Crippen LogP contribution in [-0.4, -0.2) is 50.9 Å². The maximum atomic E-state index is 14.2. The van der Waals surface area contributed by atoms with Crippen molar-refractivity contribution in [2.45, 2.75) is 69.5 Å². The van der Waals surface area contributed by atoms with Crippen LogP contribution in [0.3, 0.4) is 0 Å². The average molecular weight is 657 g/mol. The molecule has 1 aliphatic rings. The van der Waals surface area contributed by atoms with Crippen molar-refractivity contribution in [1.82, 2.24) is 10.2 Å². The second-order valence-electron chi connectivity index (χ2n) is 10.7. The smallest absolute Gasteiger partial charge is 0.264 e. The molecule has 1 fully saturated rings. The molecule has 1 atom stereocenters. The standard InChI is InChI=1S/C32H38BrN3O5S/c1-23-14-19-30(41-3)29(20-23)36(42(39,40)28-12-8-5-9-13-28)22-31(37)35(21-25-15-17-26(33)18-16-25)24(2)32(38)34-27-10-6-4-7-11-27/h5,8-9,12-20,24,27H,4,6-7,10-11,21-22H2,1-3H3,(H,34,38)/t24-/m0/s1. The second kappa shape index (κ2) is 14.2. The number of carbonyl (C=O) groups is 2. The Balaban J connectivity index is 1.71. The number of rotatable bonds is 11. The number of methoxy groups -OCH3 is 1. The maximum absolute atomic E-state index is 14.2. The zero-order valence-corrected chi connectivity index (χ0v) is 26.7. The Labute approximate surface area is 257 Å². The minimum Gasteiger partial charge on any atom is -0.495 e. The zero-order chi connectivity index (χ0) is 30.3. The van der Waals surface area contributed by atoms with E-state index in [0.29, 0.717) is 5.75 Å². The summed E-state index contributed by atoms with van der Waals surface area (Å²) in [4.78, 5) is 29.1. The van der Waals surface area contributed by atoms with Crippen LogP contribution in [0.5, 0.6) is 5.75 Å². The van der Waals surface area contributed by atoms with Crippen LogP contribution in [-0.2, 0) is 26.2 Å². The molecule has 8 nitrogen and oxygen atoms in total. The number of halogens is 1. The Morgan fingerprint density at radius 1 is 1.00 bits per heavy atom. The third kappa shape index (κ3) is 7.72. The van der Waals surface area contributed by atoms with E-state index in [1.54, 1.807) is 37.3 Å². The van der Waals surface area contributed by atoms with Crippen LogP contribution in [0.15, 0.2) is 82.2 Å². The van der Waals surface area contributed by atoms with Crippen LogP contribution < -0.4 is 14.4 Å². The molecule has 1 aliphatic carbocycles. The van der Waals surface area contributed by atoms with E-state index >= 15 is 0 Å². The summed E-state index contributed by atoms with van der Waals surface area (Å²) in [5.41, 5.74) is 1.87. The van der Waals surface area contributed by atoms with Crippen molar-refractivity contribution >= 4 is 43.5 Å². The third-order valence-corrected chi connectivity index (χ3v) is 9.90. The van der Waals surface area contributed by atoms with Crippen LogP contribution >= 0.6 is 15.9 Å². The molecule has 0 aromatic heterocycles. The highest BCUT2D eigenvalue weighted by molar-refractivity contribution is 9.10. The highest BCUT2D eigenvalue weighted by atomic mass is 79.9. The normalized spacial score (nSPS) is 14.6. The highest BCUT2D eigenvalue weighted by Crippen LogP contribution is 2.34. The van der Waals surface area contributed by atoms with E-state index in [0.717, 1.165) is 52.0 Å². The maximum Gasteiger partial charge on any atom is 0.264 e.